The van der Waals surface area contributed by atoms with Gasteiger partial charge in [-0.25, -0.2) is 0 Å². The van der Waals surface area contributed by atoms with Gasteiger partial charge in [0.05, 0.1) is 11.0 Å². The molecule has 2 nitrogen and oxygen atoms in total. The lowest BCUT2D eigenvalue weighted by atomic mass is 9.86. The van der Waals surface area contributed by atoms with Crippen molar-refractivity contribution in [3.63, 3.8) is 0 Å². The molecule has 274 valence electrons. The van der Waals surface area contributed by atoms with Gasteiger partial charge in [0.15, 0.2) is 0 Å². The summed E-state index contributed by atoms with van der Waals surface area (Å²) in [6.07, 6.45) is 0. The van der Waals surface area contributed by atoms with E-state index < -0.39 is 0 Å². The average molecular weight is 741 g/mol. The van der Waals surface area contributed by atoms with Gasteiger partial charge in [-0.15, -0.1) is 0 Å². The van der Waals surface area contributed by atoms with E-state index in [0.717, 1.165) is 33.8 Å². The van der Waals surface area contributed by atoms with Crippen LogP contribution in [0.5, 0.6) is 0 Å². The second kappa shape index (κ2) is 15.5. The standard InChI is InChI=1S/C56H40N2/c1-6-18-41(19-7-1)42-30-34-48(35-31-42)57(50-38-39-52-51-28-16-17-29-53(51)58(54(52)40-50)47-26-14-5-15-27-47)49-36-32-46(33-37-49)56(45-24-12-4-13-25-45)55(43-20-8-2-9-21-43)44-22-10-3-11-23-44/h1-40H. The molecule has 0 aliphatic rings. The number of fused-ring (bicyclic) bond motifs is 3. The molecule has 10 aromatic rings. The lowest BCUT2D eigenvalue weighted by Crippen LogP contribution is -2.10. The Labute approximate surface area is 339 Å². The maximum atomic E-state index is 2.39. The zero-order chi connectivity index (χ0) is 38.7. The minimum absolute atomic E-state index is 1.08. The molecule has 58 heavy (non-hydrogen) atoms. The molecular weight excluding hydrogens is 701 g/mol. The topological polar surface area (TPSA) is 8.17 Å². The van der Waals surface area contributed by atoms with Gasteiger partial charge < -0.3 is 9.47 Å². The summed E-state index contributed by atoms with van der Waals surface area (Å²) >= 11 is 0. The van der Waals surface area contributed by atoms with Crippen LogP contribution in [0, 0.1) is 0 Å². The van der Waals surface area contributed by atoms with Crippen molar-refractivity contribution in [3.05, 3.63) is 265 Å². The van der Waals surface area contributed by atoms with E-state index in [1.165, 1.54) is 55.3 Å². The van der Waals surface area contributed by atoms with Crippen molar-refractivity contribution in [2.24, 2.45) is 0 Å². The molecule has 0 saturated carbocycles. The quantitative estimate of drug-likeness (QED) is 0.134. The maximum absolute atomic E-state index is 2.39. The van der Waals surface area contributed by atoms with Gasteiger partial charge >= 0.3 is 0 Å². The second-order valence-corrected chi connectivity index (χ2v) is 14.5. The van der Waals surface area contributed by atoms with E-state index >= 15 is 0 Å². The van der Waals surface area contributed by atoms with Crippen LogP contribution in [0.2, 0.25) is 0 Å². The highest BCUT2D eigenvalue weighted by molar-refractivity contribution is 6.10. The van der Waals surface area contributed by atoms with E-state index in [1.807, 2.05) is 0 Å². The molecule has 1 aromatic heterocycles. The number of benzene rings is 9. The molecule has 0 unspecified atom stereocenters. The average Bonchev–Trinajstić information content (AvgIpc) is 3.64. The summed E-state index contributed by atoms with van der Waals surface area (Å²) in [7, 11) is 0. The van der Waals surface area contributed by atoms with Crippen LogP contribution in [0.15, 0.2) is 243 Å². The van der Waals surface area contributed by atoms with Gasteiger partial charge in [0.2, 0.25) is 0 Å². The molecule has 0 spiro atoms. The van der Waals surface area contributed by atoms with E-state index in [9.17, 15) is 0 Å². The van der Waals surface area contributed by atoms with Crippen molar-refractivity contribution in [2.75, 3.05) is 4.90 Å². The molecule has 10 rings (SSSR count). The zero-order valence-corrected chi connectivity index (χ0v) is 32.0. The molecule has 0 radical (unpaired) electrons. The number of anilines is 3. The van der Waals surface area contributed by atoms with E-state index in [4.69, 9.17) is 0 Å². The Bertz CT molecular complexity index is 2940. The number of hydrogen-bond donors (Lipinski definition) is 0. The van der Waals surface area contributed by atoms with Crippen LogP contribution >= 0.6 is 0 Å². The van der Waals surface area contributed by atoms with E-state index in [0.29, 0.717) is 0 Å². The molecule has 0 aliphatic carbocycles. The Morgan fingerprint density at radius 2 is 0.690 bits per heavy atom. The van der Waals surface area contributed by atoms with Crippen LogP contribution in [0.1, 0.15) is 22.3 Å². The Hall–Kier alpha value is -7.68. The van der Waals surface area contributed by atoms with Gasteiger partial charge in [-0.3, -0.25) is 0 Å². The van der Waals surface area contributed by atoms with Gasteiger partial charge in [0.1, 0.15) is 0 Å². The number of para-hydroxylation sites is 2. The van der Waals surface area contributed by atoms with Crippen molar-refractivity contribution in [3.8, 4) is 16.8 Å². The van der Waals surface area contributed by atoms with E-state index in [1.54, 1.807) is 0 Å². The van der Waals surface area contributed by atoms with Gasteiger partial charge in [0.25, 0.3) is 0 Å². The molecule has 0 bridgehead atoms. The lowest BCUT2D eigenvalue weighted by Gasteiger charge is -2.27. The van der Waals surface area contributed by atoms with Crippen LogP contribution in [0.25, 0.3) is 49.8 Å². The van der Waals surface area contributed by atoms with Crippen molar-refractivity contribution in [1.29, 1.82) is 0 Å². The minimum Gasteiger partial charge on any atom is -0.310 e. The summed E-state index contributed by atoms with van der Waals surface area (Å²) < 4.78 is 2.39. The first-order valence-electron chi connectivity index (χ1n) is 19.9. The van der Waals surface area contributed by atoms with E-state index in [2.05, 4.69) is 252 Å². The monoisotopic (exact) mass is 740 g/mol. The van der Waals surface area contributed by atoms with Crippen LogP contribution < -0.4 is 4.90 Å². The van der Waals surface area contributed by atoms with E-state index in [-0.39, 0.29) is 0 Å². The molecule has 0 N–H and O–H groups in total. The van der Waals surface area contributed by atoms with Crippen molar-refractivity contribution in [2.45, 2.75) is 0 Å². The number of hydrogen-bond acceptors (Lipinski definition) is 1. The van der Waals surface area contributed by atoms with Crippen molar-refractivity contribution < 1.29 is 0 Å². The first-order chi connectivity index (χ1) is 28.8. The van der Waals surface area contributed by atoms with Gasteiger partial charge in [0, 0.05) is 33.5 Å². The van der Waals surface area contributed by atoms with Crippen LogP contribution in [-0.2, 0) is 0 Å². The summed E-state index contributed by atoms with van der Waals surface area (Å²) in [5.74, 6) is 0. The van der Waals surface area contributed by atoms with Crippen LogP contribution in [0.4, 0.5) is 17.1 Å². The third kappa shape index (κ3) is 6.57. The highest BCUT2D eigenvalue weighted by Crippen LogP contribution is 2.42. The van der Waals surface area contributed by atoms with Gasteiger partial charge in [-0.2, -0.15) is 0 Å². The molecule has 0 atom stereocenters. The molecule has 9 aromatic carbocycles. The largest absolute Gasteiger partial charge is 0.310 e. The normalized spacial score (nSPS) is 11.1. The Morgan fingerprint density at radius 1 is 0.293 bits per heavy atom. The summed E-state index contributed by atoms with van der Waals surface area (Å²) in [6, 6.07) is 87.2. The summed E-state index contributed by atoms with van der Waals surface area (Å²) in [5.41, 5.74) is 16.2. The van der Waals surface area contributed by atoms with Gasteiger partial charge in [-0.1, -0.05) is 188 Å². The lowest BCUT2D eigenvalue weighted by molar-refractivity contribution is 1.18. The van der Waals surface area contributed by atoms with Gasteiger partial charge in [-0.05, 0) is 99.1 Å². The molecule has 0 aliphatic heterocycles. The van der Waals surface area contributed by atoms with Crippen LogP contribution in [-0.4, -0.2) is 4.57 Å². The summed E-state index contributed by atoms with van der Waals surface area (Å²) in [6.45, 7) is 0. The molecule has 2 heteroatoms. The third-order valence-corrected chi connectivity index (χ3v) is 11.0. The highest BCUT2D eigenvalue weighted by Gasteiger charge is 2.20. The first kappa shape index (κ1) is 34.8. The highest BCUT2D eigenvalue weighted by atomic mass is 15.1. The van der Waals surface area contributed by atoms with Crippen LogP contribution in [0.3, 0.4) is 0 Å². The summed E-state index contributed by atoms with van der Waals surface area (Å²) in [4.78, 5) is 2.38. The second-order valence-electron chi connectivity index (χ2n) is 14.5. The van der Waals surface area contributed by atoms with Crippen molar-refractivity contribution in [1.82, 2.24) is 4.57 Å². The maximum Gasteiger partial charge on any atom is 0.0561 e. The molecule has 0 fully saturated rings. The SMILES string of the molecule is c1ccc(C(=C(c2ccccc2)c2ccc(N(c3ccc(-c4ccccc4)cc3)c3ccc4c5ccccc5n(-c5ccccc5)c4c3)cc2)c2ccccc2)cc1. The number of aromatic nitrogens is 1. The predicted octanol–water partition coefficient (Wildman–Crippen LogP) is 14.9. The number of nitrogens with zero attached hydrogens (tertiary/aromatic N) is 2. The first-order valence-corrected chi connectivity index (χ1v) is 19.9. The predicted molar refractivity (Wildman–Crippen MR) is 245 cm³/mol. The Kier molecular flexibility index (Phi) is 9.27. The fraction of sp³-hybridized carbons (Fsp3) is 0. The third-order valence-electron chi connectivity index (χ3n) is 11.0. The fourth-order valence-corrected chi connectivity index (χ4v) is 8.34. The Morgan fingerprint density at radius 3 is 1.24 bits per heavy atom. The minimum atomic E-state index is 1.08. The summed E-state index contributed by atoms with van der Waals surface area (Å²) in [5, 5.41) is 2.47. The molecule has 0 saturated heterocycles. The Balaban J connectivity index is 1.16. The molecule has 1 heterocycles. The molecule has 0 amide bonds. The molecular formula is C56H40N2. The smallest absolute Gasteiger partial charge is 0.0561 e. The van der Waals surface area contributed by atoms with Crippen molar-refractivity contribution >= 4 is 50.0 Å². The number of rotatable bonds is 9. The zero-order valence-electron chi connectivity index (χ0n) is 32.0. The fourth-order valence-electron chi connectivity index (χ4n) is 8.34.